The number of hydrogen-bond donors (Lipinski definition) is 2. The normalized spacial score (nSPS) is 17.9. The van der Waals surface area contributed by atoms with Gasteiger partial charge in [0.2, 0.25) is 12.0 Å². The summed E-state index contributed by atoms with van der Waals surface area (Å²) in [6.45, 7) is 8.28. The lowest BCUT2D eigenvalue weighted by Gasteiger charge is -2.16. The van der Waals surface area contributed by atoms with Crippen molar-refractivity contribution >= 4 is 17.5 Å². The molecule has 0 saturated carbocycles. The van der Waals surface area contributed by atoms with Gasteiger partial charge in [0.1, 0.15) is 6.04 Å². The van der Waals surface area contributed by atoms with Gasteiger partial charge in [-0.25, -0.2) is 0 Å². The molecule has 0 aromatic heterocycles. The van der Waals surface area contributed by atoms with Gasteiger partial charge < -0.3 is 15.5 Å². The van der Waals surface area contributed by atoms with Crippen LogP contribution in [-0.4, -0.2) is 36.2 Å². The summed E-state index contributed by atoms with van der Waals surface area (Å²) in [5.74, 6) is -0.164. The Kier molecular flexibility index (Phi) is 5.95. The van der Waals surface area contributed by atoms with Crippen LogP contribution in [0.25, 0.3) is 0 Å². The fourth-order valence-electron chi connectivity index (χ4n) is 2.26. The summed E-state index contributed by atoms with van der Waals surface area (Å²) >= 11 is 0. The third-order valence-electron chi connectivity index (χ3n) is 3.78. The summed E-state index contributed by atoms with van der Waals surface area (Å²) < 4.78 is 0. The second-order valence-electron chi connectivity index (χ2n) is 6.57. The molecule has 2 amide bonds. The largest absolute Gasteiger partial charge is 0.382 e. The van der Waals surface area contributed by atoms with Crippen LogP contribution in [0.1, 0.15) is 38.3 Å². The van der Waals surface area contributed by atoms with Crippen LogP contribution in [0.3, 0.4) is 0 Å². The molecule has 24 heavy (non-hydrogen) atoms. The zero-order valence-corrected chi connectivity index (χ0v) is 14.6. The summed E-state index contributed by atoms with van der Waals surface area (Å²) in [5, 5.41) is 9.48. The number of nitrogens with zero attached hydrogens (tertiary/aromatic N) is 1. The fourth-order valence-corrected chi connectivity index (χ4v) is 2.26. The Bertz CT molecular complexity index is 623. The van der Waals surface area contributed by atoms with Crippen molar-refractivity contribution in [1.29, 1.82) is 0 Å². The molecule has 2 atom stereocenters. The van der Waals surface area contributed by atoms with E-state index in [-0.39, 0.29) is 11.8 Å². The van der Waals surface area contributed by atoms with Crippen molar-refractivity contribution in [3.05, 3.63) is 35.4 Å². The smallest absolute Gasteiger partial charge is 0.264 e. The first kappa shape index (κ1) is 18.0. The Morgan fingerprint density at radius 3 is 2.54 bits per heavy atom. The average molecular weight is 331 g/mol. The van der Waals surface area contributed by atoms with Crippen molar-refractivity contribution in [3.8, 4) is 0 Å². The van der Waals surface area contributed by atoms with Crippen LogP contribution in [-0.2, 0) is 14.4 Å². The summed E-state index contributed by atoms with van der Waals surface area (Å²) in [4.78, 5) is 29.4. The van der Waals surface area contributed by atoms with Crippen LogP contribution in [0, 0.1) is 12.8 Å². The molecule has 1 aromatic rings. The van der Waals surface area contributed by atoms with Crippen molar-refractivity contribution in [2.75, 3.05) is 6.54 Å². The van der Waals surface area contributed by atoms with Crippen molar-refractivity contribution in [1.82, 2.24) is 10.6 Å². The van der Waals surface area contributed by atoms with Crippen molar-refractivity contribution in [2.24, 2.45) is 11.1 Å². The van der Waals surface area contributed by atoms with E-state index in [4.69, 9.17) is 4.84 Å². The van der Waals surface area contributed by atoms with E-state index < -0.39 is 12.1 Å². The van der Waals surface area contributed by atoms with Gasteiger partial charge in [0.05, 0.1) is 5.71 Å². The van der Waals surface area contributed by atoms with Gasteiger partial charge in [-0.3, -0.25) is 9.59 Å². The van der Waals surface area contributed by atoms with E-state index in [9.17, 15) is 9.59 Å². The first-order valence-electron chi connectivity index (χ1n) is 8.24. The predicted molar refractivity (Wildman–Crippen MR) is 92.7 cm³/mol. The van der Waals surface area contributed by atoms with Crippen LogP contribution < -0.4 is 10.6 Å². The highest BCUT2D eigenvalue weighted by Crippen LogP contribution is 2.17. The highest BCUT2D eigenvalue weighted by molar-refractivity contribution is 6.04. The zero-order valence-electron chi connectivity index (χ0n) is 14.6. The van der Waals surface area contributed by atoms with Gasteiger partial charge in [-0.2, -0.15) is 0 Å². The molecule has 1 aliphatic heterocycles. The van der Waals surface area contributed by atoms with E-state index in [2.05, 4.69) is 15.8 Å². The third-order valence-corrected chi connectivity index (χ3v) is 3.78. The molecular weight excluding hydrogens is 306 g/mol. The highest BCUT2D eigenvalue weighted by Gasteiger charge is 2.30. The first-order chi connectivity index (χ1) is 11.4. The lowest BCUT2D eigenvalue weighted by Crippen LogP contribution is -2.48. The Balaban J connectivity index is 1.84. The quantitative estimate of drug-likeness (QED) is 0.834. The minimum Gasteiger partial charge on any atom is -0.382 e. The number of hydrogen-bond acceptors (Lipinski definition) is 4. The molecule has 2 rings (SSSR count). The molecule has 2 N–H and O–H groups in total. The van der Waals surface area contributed by atoms with Crippen LogP contribution >= 0.6 is 0 Å². The lowest BCUT2D eigenvalue weighted by atomic mass is 10.0. The number of nitrogens with one attached hydrogen (secondary N) is 2. The molecule has 6 nitrogen and oxygen atoms in total. The maximum Gasteiger partial charge on any atom is 0.264 e. The Labute approximate surface area is 142 Å². The van der Waals surface area contributed by atoms with Crippen molar-refractivity contribution in [3.63, 3.8) is 0 Å². The van der Waals surface area contributed by atoms with E-state index in [1.54, 1.807) is 6.92 Å². The van der Waals surface area contributed by atoms with Crippen LogP contribution in [0.4, 0.5) is 0 Å². The molecule has 0 spiro atoms. The molecule has 0 radical (unpaired) electrons. The minimum absolute atomic E-state index is 0.199. The molecule has 130 valence electrons. The van der Waals surface area contributed by atoms with Gasteiger partial charge >= 0.3 is 0 Å². The maximum atomic E-state index is 12.2. The van der Waals surface area contributed by atoms with Gasteiger partial charge in [0.15, 0.2) is 0 Å². The fraction of sp³-hybridized carbons (Fsp3) is 0.500. The Morgan fingerprint density at radius 1 is 1.25 bits per heavy atom. The lowest BCUT2D eigenvalue weighted by molar-refractivity contribution is -0.135. The highest BCUT2D eigenvalue weighted by atomic mass is 16.6. The predicted octanol–water partition coefficient (Wildman–Crippen LogP) is 1.76. The molecule has 0 saturated heterocycles. The molecule has 0 fully saturated rings. The number of amides is 2. The number of carbonyl (C=O) groups excluding carboxylic acids is 2. The van der Waals surface area contributed by atoms with E-state index in [0.29, 0.717) is 18.9 Å². The van der Waals surface area contributed by atoms with Crippen LogP contribution in [0.15, 0.2) is 29.4 Å². The summed E-state index contributed by atoms with van der Waals surface area (Å²) in [6.07, 6.45) is -0.295. The molecule has 1 aliphatic rings. The molecule has 0 aliphatic carbocycles. The van der Waals surface area contributed by atoms with Crippen LogP contribution in [0.5, 0.6) is 0 Å². The Morgan fingerprint density at radius 2 is 1.92 bits per heavy atom. The van der Waals surface area contributed by atoms with E-state index >= 15 is 0 Å². The average Bonchev–Trinajstić information content (AvgIpc) is 3.03. The third kappa shape index (κ3) is 4.81. The minimum atomic E-state index is -0.693. The molecule has 6 heteroatoms. The molecule has 1 heterocycles. The van der Waals surface area contributed by atoms with Crippen LogP contribution in [0.2, 0.25) is 0 Å². The topological polar surface area (TPSA) is 79.8 Å². The van der Waals surface area contributed by atoms with E-state index in [1.807, 2.05) is 45.0 Å². The second kappa shape index (κ2) is 7.95. The summed E-state index contributed by atoms with van der Waals surface area (Å²) in [7, 11) is 0. The SMILES string of the molecule is Cc1ccc(C2=NO[C@@H](C(=O)N[C@H](C)C(=O)NCC(C)C)C2)cc1. The number of aryl methyl sites for hydroxylation is 1. The van der Waals surface area contributed by atoms with E-state index in [1.165, 1.54) is 0 Å². The number of oxime groups is 1. The summed E-state index contributed by atoms with van der Waals surface area (Å²) in [6, 6.07) is 7.29. The van der Waals surface area contributed by atoms with E-state index in [0.717, 1.165) is 16.8 Å². The molecule has 0 unspecified atom stereocenters. The van der Waals surface area contributed by atoms with Gasteiger partial charge in [0, 0.05) is 13.0 Å². The van der Waals surface area contributed by atoms with Gasteiger partial charge in [0.25, 0.3) is 5.91 Å². The number of rotatable bonds is 6. The number of benzene rings is 1. The maximum absolute atomic E-state index is 12.2. The van der Waals surface area contributed by atoms with Gasteiger partial charge in [-0.1, -0.05) is 48.8 Å². The molecule has 1 aromatic carbocycles. The van der Waals surface area contributed by atoms with Gasteiger partial charge in [-0.05, 0) is 25.3 Å². The second-order valence-corrected chi connectivity index (χ2v) is 6.57. The standard InChI is InChI=1S/C18H25N3O3/c1-11(2)10-19-17(22)13(4)20-18(23)16-9-15(21-24-16)14-7-5-12(3)6-8-14/h5-8,11,13,16H,9-10H2,1-4H3,(H,19,22)(H,20,23)/t13-,16-/m1/s1. The van der Waals surface area contributed by atoms with Gasteiger partial charge in [-0.15, -0.1) is 0 Å². The first-order valence-corrected chi connectivity index (χ1v) is 8.24. The molecule has 0 bridgehead atoms. The monoisotopic (exact) mass is 331 g/mol. The summed E-state index contributed by atoms with van der Waals surface area (Å²) in [5.41, 5.74) is 2.85. The molecular formula is C18H25N3O3. The zero-order chi connectivity index (χ0) is 17.7. The Hall–Kier alpha value is -2.37. The van der Waals surface area contributed by atoms with Crippen molar-refractivity contribution < 1.29 is 14.4 Å². The number of carbonyl (C=O) groups is 2. The van der Waals surface area contributed by atoms with Crippen molar-refractivity contribution in [2.45, 2.75) is 46.3 Å².